The summed E-state index contributed by atoms with van der Waals surface area (Å²) in [6.07, 6.45) is 18.7. The van der Waals surface area contributed by atoms with Crippen LogP contribution in [0.2, 0.25) is 0 Å². The van der Waals surface area contributed by atoms with Crippen LogP contribution in [0.15, 0.2) is 53.6 Å². The van der Waals surface area contributed by atoms with Crippen molar-refractivity contribution < 1.29 is 4.74 Å². The van der Waals surface area contributed by atoms with Gasteiger partial charge in [0.05, 0.1) is 0 Å². The molecule has 2 atom stereocenters. The van der Waals surface area contributed by atoms with Crippen molar-refractivity contribution in [3.63, 3.8) is 0 Å². The number of hydrogen-bond donors (Lipinski definition) is 0. The third-order valence-electron chi connectivity index (χ3n) is 4.29. The highest BCUT2D eigenvalue weighted by Gasteiger charge is 2.26. The van der Waals surface area contributed by atoms with E-state index < -0.39 is 0 Å². The smallest absolute Gasteiger partial charge is 0.189 e. The summed E-state index contributed by atoms with van der Waals surface area (Å²) in [5.74, 6) is 1.61. The van der Waals surface area contributed by atoms with Gasteiger partial charge in [-0.2, -0.15) is 0 Å². The zero-order chi connectivity index (χ0) is 18.7. The van der Waals surface area contributed by atoms with Gasteiger partial charge in [-0.1, -0.05) is 69.7 Å². The van der Waals surface area contributed by atoms with Crippen molar-refractivity contribution in [1.82, 2.24) is 0 Å². The Morgan fingerprint density at radius 2 is 2.04 bits per heavy atom. The fourth-order valence-corrected chi connectivity index (χ4v) is 2.63. The van der Waals surface area contributed by atoms with Crippen molar-refractivity contribution in [3.8, 4) is 0 Å². The highest BCUT2D eigenvalue weighted by Crippen LogP contribution is 2.22. The average molecular weight is 344 g/mol. The molecule has 1 aliphatic rings. The van der Waals surface area contributed by atoms with Crippen LogP contribution in [0.3, 0.4) is 0 Å². The molecular weight excluding hydrogens is 306 g/mol. The maximum absolute atomic E-state index is 5.68. The van der Waals surface area contributed by atoms with Crippen LogP contribution < -0.4 is 0 Å². The Balaban J connectivity index is 2.22. The second-order valence-corrected chi connectivity index (χ2v) is 8.18. The van der Waals surface area contributed by atoms with Gasteiger partial charge in [0.25, 0.3) is 0 Å². The van der Waals surface area contributed by atoms with E-state index in [0.717, 1.165) is 31.1 Å². The van der Waals surface area contributed by atoms with Crippen molar-refractivity contribution >= 4 is 5.90 Å². The monoisotopic (exact) mass is 343 g/mol. The predicted octanol–water partition coefficient (Wildman–Crippen LogP) is 6.66. The molecule has 0 N–H and O–H groups in total. The molecule has 1 aliphatic heterocycles. The topological polar surface area (TPSA) is 21.6 Å². The minimum atomic E-state index is 0.0129. The molecule has 0 aromatic carbocycles. The van der Waals surface area contributed by atoms with Gasteiger partial charge in [-0.05, 0) is 44.9 Å². The van der Waals surface area contributed by atoms with Crippen LogP contribution >= 0.6 is 0 Å². The van der Waals surface area contributed by atoms with Gasteiger partial charge in [0, 0.05) is 5.41 Å². The molecule has 0 spiro atoms. The first-order valence-electron chi connectivity index (χ1n) is 9.64. The van der Waals surface area contributed by atoms with E-state index in [4.69, 9.17) is 4.74 Å². The molecule has 0 fully saturated rings. The molecule has 2 unspecified atom stereocenters. The Hall–Kier alpha value is -1.57. The molecule has 0 amide bonds. The maximum Gasteiger partial charge on any atom is 0.189 e. The maximum atomic E-state index is 5.68. The largest absolute Gasteiger partial charge is 0.478 e. The number of ether oxygens (including phenoxy) is 1. The summed E-state index contributed by atoms with van der Waals surface area (Å²) in [5, 5.41) is 0. The van der Waals surface area contributed by atoms with E-state index in [1.54, 1.807) is 0 Å². The molecule has 0 saturated carbocycles. The lowest BCUT2D eigenvalue weighted by Crippen LogP contribution is -2.20. The molecule has 1 heterocycles. The van der Waals surface area contributed by atoms with E-state index in [-0.39, 0.29) is 11.5 Å². The van der Waals surface area contributed by atoms with Crippen molar-refractivity contribution in [3.05, 3.63) is 48.6 Å². The van der Waals surface area contributed by atoms with E-state index in [1.807, 2.05) is 6.08 Å². The highest BCUT2D eigenvalue weighted by atomic mass is 16.5. The Labute approximate surface area is 155 Å². The van der Waals surface area contributed by atoms with E-state index >= 15 is 0 Å². The number of allylic oxidation sites excluding steroid dienone is 6. The molecule has 0 aromatic heterocycles. The van der Waals surface area contributed by atoms with Crippen molar-refractivity contribution in [2.75, 3.05) is 6.61 Å². The molecule has 140 valence electrons. The lowest BCUT2D eigenvalue weighted by molar-refractivity contribution is 0.291. The fourth-order valence-electron chi connectivity index (χ4n) is 2.63. The summed E-state index contributed by atoms with van der Waals surface area (Å²) in [6, 6.07) is 0.193. The second kappa shape index (κ2) is 11.1. The van der Waals surface area contributed by atoms with E-state index in [9.17, 15) is 0 Å². The van der Waals surface area contributed by atoms with Crippen LogP contribution in [-0.4, -0.2) is 18.5 Å². The van der Waals surface area contributed by atoms with Gasteiger partial charge in [-0.3, -0.25) is 0 Å². The Bertz CT molecular complexity index is 517. The van der Waals surface area contributed by atoms with Gasteiger partial charge in [0.2, 0.25) is 0 Å². The summed E-state index contributed by atoms with van der Waals surface area (Å²) in [7, 11) is 0. The van der Waals surface area contributed by atoms with Crippen LogP contribution in [0, 0.1) is 11.3 Å². The summed E-state index contributed by atoms with van der Waals surface area (Å²) in [5.41, 5.74) is 1.47. The molecular formula is C23H37NO. The van der Waals surface area contributed by atoms with Crippen molar-refractivity contribution in [2.45, 2.75) is 72.8 Å². The number of rotatable bonds is 10. The Morgan fingerprint density at radius 3 is 2.68 bits per heavy atom. The van der Waals surface area contributed by atoms with Crippen LogP contribution in [0.25, 0.3) is 0 Å². The minimum absolute atomic E-state index is 0.0129. The zero-order valence-corrected chi connectivity index (χ0v) is 16.9. The number of hydrogen-bond acceptors (Lipinski definition) is 2. The van der Waals surface area contributed by atoms with Gasteiger partial charge in [0.1, 0.15) is 12.6 Å². The molecule has 0 saturated heterocycles. The third kappa shape index (κ3) is 9.48. The molecule has 0 radical (unpaired) electrons. The first kappa shape index (κ1) is 21.5. The minimum Gasteiger partial charge on any atom is -0.478 e. The molecule has 1 rings (SSSR count). The summed E-state index contributed by atoms with van der Waals surface area (Å²) in [4.78, 5) is 4.64. The second-order valence-electron chi connectivity index (χ2n) is 8.18. The summed E-state index contributed by atoms with van der Waals surface area (Å²) < 4.78 is 5.68. The van der Waals surface area contributed by atoms with Crippen LogP contribution in [0.5, 0.6) is 0 Å². The van der Waals surface area contributed by atoms with Crippen molar-refractivity contribution in [1.29, 1.82) is 0 Å². The standard InChI is InChI=1S/C23H37NO/c1-7-13-19(2)16-17-20(3)14-11-9-8-10-12-15-21-18-25-22(24-21)23(4,5)6/h7,9,11-12,14-15,19,21H,1,8,10,13,16-18H2,2-6H3/b11-9+,15-12-,20-14+. The van der Waals surface area contributed by atoms with E-state index in [1.165, 1.54) is 18.4 Å². The number of nitrogens with zero attached hydrogens (tertiary/aromatic N) is 1. The van der Waals surface area contributed by atoms with Crippen LogP contribution in [0.4, 0.5) is 0 Å². The molecule has 0 aliphatic carbocycles. The first-order valence-corrected chi connectivity index (χ1v) is 9.64. The molecule has 0 bridgehead atoms. The SMILES string of the molecule is C=CCC(C)CC/C(C)=C/C=C/CC/C=C\C1COC(C(C)(C)C)=N1. The molecule has 2 heteroatoms. The van der Waals surface area contributed by atoms with Crippen molar-refractivity contribution in [2.24, 2.45) is 16.3 Å². The Morgan fingerprint density at radius 1 is 1.32 bits per heavy atom. The number of aliphatic imine (C=N–C) groups is 1. The predicted molar refractivity (Wildman–Crippen MR) is 111 cm³/mol. The van der Waals surface area contributed by atoms with Gasteiger partial charge in [-0.25, -0.2) is 4.99 Å². The fraction of sp³-hybridized carbons (Fsp3) is 0.609. The average Bonchev–Trinajstić information content (AvgIpc) is 3.01. The van der Waals surface area contributed by atoms with E-state index in [2.05, 4.69) is 76.6 Å². The van der Waals surface area contributed by atoms with Gasteiger partial charge < -0.3 is 4.74 Å². The lowest BCUT2D eigenvalue weighted by Gasteiger charge is -2.16. The van der Waals surface area contributed by atoms with Gasteiger partial charge in [-0.15, -0.1) is 6.58 Å². The summed E-state index contributed by atoms with van der Waals surface area (Å²) >= 11 is 0. The molecule has 2 nitrogen and oxygen atoms in total. The summed E-state index contributed by atoms with van der Waals surface area (Å²) in [6.45, 7) is 15.4. The Kier molecular flexibility index (Phi) is 9.55. The van der Waals surface area contributed by atoms with Gasteiger partial charge in [0.15, 0.2) is 5.90 Å². The normalized spacial score (nSPS) is 20.1. The highest BCUT2D eigenvalue weighted by molar-refractivity contribution is 5.83. The first-order chi connectivity index (χ1) is 11.8. The zero-order valence-electron chi connectivity index (χ0n) is 16.9. The third-order valence-corrected chi connectivity index (χ3v) is 4.29. The molecule has 25 heavy (non-hydrogen) atoms. The van der Waals surface area contributed by atoms with Crippen LogP contribution in [-0.2, 0) is 4.74 Å². The van der Waals surface area contributed by atoms with Crippen LogP contribution in [0.1, 0.15) is 66.7 Å². The number of unbranched alkanes of at least 4 members (excludes halogenated alkanes) is 1. The van der Waals surface area contributed by atoms with E-state index in [0.29, 0.717) is 6.61 Å². The molecule has 0 aromatic rings. The lowest BCUT2D eigenvalue weighted by atomic mass is 9.97. The quantitative estimate of drug-likeness (QED) is 0.247. The van der Waals surface area contributed by atoms with Gasteiger partial charge >= 0.3 is 0 Å².